The first-order valence-electron chi connectivity index (χ1n) is 7.05. The van der Waals surface area contributed by atoms with Gasteiger partial charge in [0.2, 0.25) is 0 Å². The summed E-state index contributed by atoms with van der Waals surface area (Å²) in [5.74, 6) is -1.41. The lowest BCUT2D eigenvalue weighted by atomic mass is 9.74. The van der Waals surface area contributed by atoms with Crippen LogP contribution in [0.1, 0.15) is 17.5 Å². The maximum absolute atomic E-state index is 14.4. The third-order valence-corrected chi connectivity index (χ3v) is 5.28. The van der Waals surface area contributed by atoms with E-state index in [0.717, 1.165) is 6.07 Å². The van der Waals surface area contributed by atoms with Crippen molar-refractivity contribution in [1.29, 1.82) is 5.26 Å². The van der Waals surface area contributed by atoms with Gasteiger partial charge in [-0.15, -0.1) is 0 Å². The van der Waals surface area contributed by atoms with E-state index >= 15 is 0 Å². The van der Waals surface area contributed by atoms with Crippen LogP contribution in [0.4, 0.5) is 13.2 Å². The van der Waals surface area contributed by atoms with Crippen LogP contribution in [0, 0.1) is 28.9 Å². The van der Waals surface area contributed by atoms with Gasteiger partial charge in [0.1, 0.15) is 29.9 Å². The van der Waals surface area contributed by atoms with Crippen molar-refractivity contribution >= 4 is 16.9 Å². The Kier molecular flexibility index (Phi) is 4.25. The molecule has 3 rings (SSSR count). The molecule has 0 aliphatic carbocycles. The van der Waals surface area contributed by atoms with Gasteiger partial charge in [0.15, 0.2) is 5.17 Å². The number of amidine groups is 1. The van der Waals surface area contributed by atoms with Crippen LogP contribution in [0.2, 0.25) is 0 Å². The molecule has 2 aliphatic rings. The van der Waals surface area contributed by atoms with Gasteiger partial charge in [-0.05, 0) is 12.5 Å². The number of ether oxygens (including phenoxy) is 1. The highest BCUT2D eigenvalue weighted by atomic mass is 32.2. The van der Waals surface area contributed by atoms with Crippen molar-refractivity contribution in [3.05, 3.63) is 34.9 Å². The van der Waals surface area contributed by atoms with E-state index < -0.39 is 30.0 Å². The van der Waals surface area contributed by atoms with Crippen LogP contribution in [0.3, 0.4) is 0 Å². The molecule has 0 aromatic heterocycles. The molecule has 2 N–H and O–H groups in total. The lowest BCUT2D eigenvalue weighted by molar-refractivity contribution is -0.0653. The monoisotopic (exact) mass is 341 g/mol. The fourth-order valence-corrected chi connectivity index (χ4v) is 4.13. The predicted molar refractivity (Wildman–Crippen MR) is 80.7 cm³/mol. The number of alkyl halides is 1. The molecule has 2 heterocycles. The second-order valence-electron chi connectivity index (χ2n) is 5.63. The molecule has 0 spiro atoms. The summed E-state index contributed by atoms with van der Waals surface area (Å²) in [5.41, 5.74) is 4.46. The lowest BCUT2D eigenvalue weighted by Crippen LogP contribution is -2.51. The molecular weight excluding hydrogens is 327 g/mol. The molecule has 2 aliphatic heterocycles. The predicted octanol–water partition coefficient (Wildman–Crippen LogP) is 2.47. The van der Waals surface area contributed by atoms with Gasteiger partial charge in [-0.2, -0.15) is 5.26 Å². The molecule has 0 amide bonds. The second-order valence-corrected chi connectivity index (χ2v) is 6.67. The Labute approximate surface area is 135 Å². The van der Waals surface area contributed by atoms with Crippen LogP contribution in [-0.4, -0.2) is 30.3 Å². The van der Waals surface area contributed by atoms with Gasteiger partial charge in [-0.1, -0.05) is 11.8 Å². The van der Waals surface area contributed by atoms with E-state index in [-0.39, 0.29) is 28.8 Å². The summed E-state index contributed by atoms with van der Waals surface area (Å²) in [7, 11) is 0. The molecule has 0 saturated carbocycles. The minimum atomic E-state index is -1.15. The summed E-state index contributed by atoms with van der Waals surface area (Å²) >= 11 is 1.32. The van der Waals surface area contributed by atoms with Gasteiger partial charge in [-0.25, -0.2) is 18.2 Å². The van der Waals surface area contributed by atoms with E-state index in [0.29, 0.717) is 18.2 Å². The number of aliphatic imine (C=N–C) groups is 1. The van der Waals surface area contributed by atoms with Gasteiger partial charge in [0, 0.05) is 23.3 Å². The quantitative estimate of drug-likeness (QED) is 0.897. The van der Waals surface area contributed by atoms with E-state index in [1.807, 2.05) is 0 Å². The number of hydrogen-bond acceptors (Lipinski definition) is 5. The summed E-state index contributed by atoms with van der Waals surface area (Å²) in [6.45, 7) is -0.688. The first kappa shape index (κ1) is 16.1. The average molecular weight is 341 g/mol. The standard InChI is InChI=1S/C15H14F3N3OS/c16-4-10-2-9-6-23-14(20)21-15(9,7-22-10)11-1-8(5-19)12(17)3-13(11)18/h1,3,9-10H,2,4,6-7H2,(H2,20,21)/t9-,10+,15-/m0/s1. The Hall–Kier alpha value is -1.72. The number of rotatable bonds is 2. The van der Waals surface area contributed by atoms with Crippen molar-refractivity contribution in [1.82, 2.24) is 0 Å². The highest BCUT2D eigenvalue weighted by molar-refractivity contribution is 8.13. The first-order chi connectivity index (χ1) is 11.0. The zero-order chi connectivity index (χ0) is 16.6. The second kappa shape index (κ2) is 6.06. The van der Waals surface area contributed by atoms with Gasteiger partial charge >= 0.3 is 0 Å². The van der Waals surface area contributed by atoms with Crippen molar-refractivity contribution in [2.24, 2.45) is 16.6 Å². The maximum Gasteiger partial charge on any atom is 0.154 e. The first-order valence-corrected chi connectivity index (χ1v) is 8.04. The third-order valence-electron chi connectivity index (χ3n) is 4.32. The Morgan fingerprint density at radius 2 is 2.22 bits per heavy atom. The zero-order valence-electron chi connectivity index (χ0n) is 12.1. The number of nitrogens with two attached hydrogens (primary N) is 1. The Morgan fingerprint density at radius 1 is 1.43 bits per heavy atom. The topological polar surface area (TPSA) is 71.4 Å². The number of halogens is 3. The highest BCUT2D eigenvalue weighted by Crippen LogP contribution is 2.47. The minimum Gasteiger partial charge on any atom is -0.379 e. The number of nitrogens with zero attached hydrogens (tertiary/aromatic N) is 2. The van der Waals surface area contributed by atoms with Gasteiger partial charge in [0.25, 0.3) is 0 Å². The van der Waals surface area contributed by atoms with E-state index in [2.05, 4.69) is 4.99 Å². The molecule has 4 nitrogen and oxygen atoms in total. The Balaban J connectivity index is 2.14. The summed E-state index contributed by atoms with van der Waals surface area (Å²) in [4.78, 5) is 4.38. The van der Waals surface area contributed by atoms with Crippen molar-refractivity contribution in [2.45, 2.75) is 18.1 Å². The van der Waals surface area contributed by atoms with Crippen LogP contribution < -0.4 is 5.73 Å². The van der Waals surface area contributed by atoms with Crippen molar-refractivity contribution in [2.75, 3.05) is 19.0 Å². The molecule has 23 heavy (non-hydrogen) atoms. The minimum absolute atomic E-state index is 0.0546. The van der Waals surface area contributed by atoms with Crippen molar-refractivity contribution in [3.63, 3.8) is 0 Å². The number of nitriles is 1. The molecule has 1 aromatic carbocycles. The van der Waals surface area contributed by atoms with Crippen LogP contribution in [0.25, 0.3) is 0 Å². The normalized spacial score (nSPS) is 30.3. The van der Waals surface area contributed by atoms with Crippen molar-refractivity contribution in [3.8, 4) is 6.07 Å². The summed E-state index contributed by atoms with van der Waals surface area (Å²) in [6.07, 6.45) is -0.207. The van der Waals surface area contributed by atoms with Gasteiger partial charge in [-0.3, -0.25) is 0 Å². The molecule has 8 heteroatoms. The molecule has 122 valence electrons. The van der Waals surface area contributed by atoms with E-state index in [1.165, 1.54) is 11.8 Å². The van der Waals surface area contributed by atoms with E-state index in [4.69, 9.17) is 15.7 Å². The fourth-order valence-electron chi connectivity index (χ4n) is 3.12. The summed E-state index contributed by atoms with van der Waals surface area (Å²) in [6, 6.07) is 3.53. The van der Waals surface area contributed by atoms with Crippen LogP contribution in [-0.2, 0) is 10.3 Å². The van der Waals surface area contributed by atoms with Gasteiger partial charge in [0.05, 0.1) is 18.3 Å². The number of hydrogen-bond donors (Lipinski definition) is 1. The summed E-state index contributed by atoms with van der Waals surface area (Å²) in [5, 5.41) is 9.27. The SMILES string of the molecule is N#Cc1cc([C@]23CO[C@@H](CF)C[C@H]2CSC(N)=N3)c(F)cc1F. The molecule has 3 atom stereocenters. The van der Waals surface area contributed by atoms with E-state index in [9.17, 15) is 13.2 Å². The molecular formula is C15H14F3N3OS. The largest absolute Gasteiger partial charge is 0.379 e. The molecule has 1 aromatic rings. The van der Waals surface area contributed by atoms with Gasteiger partial charge < -0.3 is 10.5 Å². The fraction of sp³-hybridized carbons (Fsp3) is 0.467. The molecule has 1 fully saturated rings. The van der Waals surface area contributed by atoms with Crippen LogP contribution in [0.5, 0.6) is 0 Å². The van der Waals surface area contributed by atoms with E-state index in [1.54, 1.807) is 6.07 Å². The molecule has 0 radical (unpaired) electrons. The number of fused-ring (bicyclic) bond motifs is 1. The average Bonchev–Trinajstić information content (AvgIpc) is 2.54. The molecule has 0 bridgehead atoms. The number of thioether (sulfide) groups is 1. The number of benzene rings is 1. The molecule has 1 saturated heterocycles. The molecule has 0 unspecified atom stereocenters. The van der Waals surface area contributed by atoms with Crippen LogP contribution >= 0.6 is 11.8 Å². The smallest absolute Gasteiger partial charge is 0.154 e. The van der Waals surface area contributed by atoms with Crippen molar-refractivity contribution < 1.29 is 17.9 Å². The zero-order valence-corrected chi connectivity index (χ0v) is 12.9. The summed E-state index contributed by atoms with van der Waals surface area (Å²) < 4.78 is 46.4. The maximum atomic E-state index is 14.4. The lowest BCUT2D eigenvalue weighted by Gasteiger charge is -2.45. The Bertz CT molecular complexity index is 706. The Morgan fingerprint density at radius 3 is 2.91 bits per heavy atom. The third kappa shape index (κ3) is 2.68. The highest BCUT2D eigenvalue weighted by Gasteiger charge is 2.49. The van der Waals surface area contributed by atoms with Crippen LogP contribution in [0.15, 0.2) is 17.1 Å².